The Bertz CT molecular complexity index is 216. The standard InChI is InChI=1S/C11H22N2O2.ClH/c1-8(2)7-13(9-4-5-9)11(14)10(6-12)15-3;/h8-10H,4-7,12H2,1-3H3;1H. The molecule has 0 aromatic rings. The van der Waals surface area contributed by atoms with E-state index in [1.807, 2.05) is 4.90 Å². The highest BCUT2D eigenvalue weighted by atomic mass is 35.5. The average molecular weight is 251 g/mol. The highest BCUT2D eigenvalue weighted by molar-refractivity contribution is 5.85. The molecule has 1 fully saturated rings. The maximum Gasteiger partial charge on any atom is 0.253 e. The van der Waals surface area contributed by atoms with Crippen molar-refractivity contribution in [2.24, 2.45) is 11.7 Å². The first kappa shape index (κ1) is 15.7. The van der Waals surface area contributed by atoms with Crippen molar-refractivity contribution >= 4 is 18.3 Å². The summed E-state index contributed by atoms with van der Waals surface area (Å²) in [5.74, 6) is 0.543. The van der Waals surface area contributed by atoms with Crippen LogP contribution < -0.4 is 5.73 Å². The third-order valence-electron chi connectivity index (χ3n) is 2.61. The molecule has 1 unspecified atom stereocenters. The van der Waals surface area contributed by atoms with Gasteiger partial charge in [-0.15, -0.1) is 12.4 Å². The molecule has 16 heavy (non-hydrogen) atoms. The molecule has 2 N–H and O–H groups in total. The Labute approximate surface area is 104 Å². The van der Waals surface area contributed by atoms with Crippen molar-refractivity contribution in [1.29, 1.82) is 0 Å². The van der Waals surface area contributed by atoms with Gasteiger partial charge >= 0.3 is 0 Å². The number of ether oxygens (including phenoxy) is 1. The fourth-order valence-corrected chi connectivity index (χ4v) is 1.68. The first-order chi connectivity index (χ1) is 7.10. The fourth-order valence-electron chi connectivity index (χ4n) is 1.68. The molecule has 0 saturated heterocycles. The van der Waals surface area contributed by atoms with Crippen LogP contribution in [-0.4, -0.2) is 43.2 Å². The SMILES string of the molecule is COC(CN)C(=O)N(CC(C)C)C1CC1.Cl. The van der Waals surface area contributed by atoms with Crippen molar-refractivity contribution in [3.8, 4) is 0 Å². The topological polar surface area (TPSA) is 55.6 Å². The van der Waals surface area contributed by atoms with E-state index in [1.165, 1.54) is 7.11 Å². The number of nitrogens with zero attached hydrogens (tertiary/aromatic N) is 1. The van der Waals surface area contributed by atoms with E-state index in [2.05, 4.69) is 13.8 Å². The van der Waals surface area contributed by atoms with Gasteiger partial charge in [0.15, 0.2) is 0 Å². The van der Waals surface area contributed by atoms with Gasteiger partial charge < -0.3 is 15.4 Å². The largest absolute Gasteiger partial charge is 0.370 e. The summed E-state index contributed by atoms with van der Waals surface area (Å²) in [6.07, 6.45) is 1.78. The molecule has 5 heteroatoms. The molecule has 1 aliphatic rings. The number of methoxy groups -OCH3 is 1. The van der Waals surface area contributed by atoms with Crippen molar-refractivity contribution in [2.45, 2.75) is 38.8 Å². The van der Waals surface area contributed by atoms with E-state index in [1.54, 1.807) is 0 Å². The van der Waals surface area contributed by atoms with Gasteiger partial charge in [-0.3, -0.25) is 4.79 Å². The molecule has 0 aliphatic heterocycles. The lowest BCUT2D eigenvalue weighted by Gasteiger charge is -2.27. The van der Waals surface area contributed by atoms with E-state index in [0.29, 0.717) is 12.0 Å². The van der Waals surface area contributed by atoms with E-state index in [4.69, 9.17) is 10.5 Å². The van der Waals surface area contributed by atoms with Crippen LogP contribution in [0.3, 0.4) is 0 Å². The predicted octanol–water partition coefficient (Wildman–Crippen LogP) is 1.03. The molecule has 1 rings (SSSR count). The van der Waals surface area contributed by atoms with Gasteiger partial charge in [0.25, 0.3) is 5.91 Å². The van der Waals surface area contributed by atoms with Crippen LogP contribution in [0, 0.1) is 5.92 Å². The highest BCUT2D eigenvalue weighted by Crippen LogP contribution is 2.28. The monoisotopic (exact) mass is 250 g/mol. The molecule has 1 saturated carbocycles. The van der Waals surface area contributed by atoms with E-state index < -0.39 is 6.10 Å². The fraction of sp³-hybridized carbons (Fsp3) is 0.909. The zero-order valence-corrected chi connectivity index (χ0v) is 11.1. The zero-order valence-electron chi connectivity index (χ0n) is 10.3. The number of halogens is 1. The lowest BCUT2D eigenvalue weighted by molar-refractivity contribution is -0.142. The molecule has 4 nitrogen and oxygen atoms in total. The molecule has 1 atom stereocenters. The van der Waals surface area contributed by atoms with Crippen LogP contribution in [0.2, 0.25) is 0 Å². The quantitative estimate of drug-likeness (QED) is 0.766. The van der Waals surface area contributed by atoms with E-state index in [0.717, 1.165) is 19.4 Å². The lowest BCUT2D eigenvalue weighted by Crippen LogP contribution is -2.46. The summed E-state index contributed by atoms with van der Waals surface area (Å²) in [6.45, 7) is 5.31. The Hall–Kier alpha value is -0.320. The maximum atomic E-state index is 12.0. The minimum absolute atomic E-state index is 0. The molecular weight excluding hydrogens is 228 g/mol. The van der Waals surface area contributed by atoms with Crippen LogP contribution in [0.5, 0.6) is 0 Å². The summed E-state index contributed by atoms with van der Waals surface area (Å²) in [4.78, 5) is 14.0. The normalized spacial score (nSPS) is 16.8. The molecule has 96 valence electrons. The van der Waals surface area contributed by atoms with Gasteiger partial charge in [0, 0.05) is 26.2 Å². The number of amides is 1. The van der Waals surface area contributed by atoms with E-state index in [-0.39, 0.29) is 24.9 Å². The average Bonchev–Trinajstić information content (AvgIpc) is 2.99. The maximum absolute atomic E-state index is 12.0. The van der Waals surface area contributed by atoms with Crippen molar-refractivity contribution in [2.75, 3.05) is 20.2 Å². The molecule has 1 aliphatic carbocycles. The molecule has 0 aromatic carbocycles. The van der Waals surface area contributed by atoms with E-state index in [9.17, 15) is 4.79 Å². The van der Waals surface area contributed by atoms with Crippen molar-refractivity contribution in [3.63, 3.8) is 0 Å². The summed E-state index contributed by atoms with van der Waals surface area (Å²) in [5.41, 5.74) is 5.50. The number of hydrogen-bond donors (Lipinski definition) is 1. The highest BCUT2D eigenvalue weighted by Gasteiger charge is 2.35. The third kappa shape index (κ3) is 4.28. The summed E-state index contributed by atoms with van der Waals surface area (Å²) < 4.78 is 5.09. The Kier molecular flexibility index (Phi) is 6.95. The Morgan fingerprint density at radius 1 is 1.50 bits per heavy atom. The summed E-state index contributed by atoms with van der Waals surface area (Å²) in [7, 11) is 1.54. The van der Waals surface area contributed by atoms with Gasteiger partial charge in [0.2, 0.25) is 0 Å². The molecule has 0 radical (unpaired) electrons. The summed E-state index contributed by atoms with van der Waals surface area (Å²) in [6, 6.07) is 0.434. The molecule has 0 aromatic heterocycles. The third-order valence-corrected chi connectivity index (χ3v) is 2.61. The second kappa shape index (κ2) is 7.09. The van der Waals surface area contributed by atoms with Crippen molar-refractivity contribution in [1.82, 2.24) is 4.90 Å². The summed E-state index contributed by atoms with van der Waals surface area (Å²) >= 11 is 0. The number of carbonyl (C=O) groups is 1. The molecule has 0 spiro atoms. The smallest absolute Gasteiger partial charge is 0.253 e. The Morgan fingerprint density at radius 2 is 2.06 bits per heavy atom. The van der Waals surface area contributed by atoms with Crippen molar-refractivity contribution < 1.29 is 9.53 Å². The van der Waals surface area contributed by atoms with Gasteiger partial charge in [-0.1, -0.05) is 13.8 Å². The van der Waals surface area contributed by atoms with Gasteiger partial charge in [0.1, 0.15) is 6.10 Å². The van der Waals surface area contributed by atoms with E-state index >= 15 is 0 Å². The van der Waals surface area contributed by atoms with Crippen LogP contribution in [0.1, 0.15) is 26.7 Å². The number of rotatable bonds is 6. The predicted molar refractivity (Wildman–Crippen MR) is 66.7 cm³/mol. The Morgan fingerprint density at radius 3 is 2.38 bits per heavy atom. The molecule has 0 bridgehead atoms. The molecule has 1 amide bonds. The van der Waals surface area contributed by atoms with Crippen LogP contribution in [0.25, 0.3) is 0 Å². The van der Waals surface area contributed by atoms with Crippen LogP contribution in [-0.2, 0) is 9.53 Å². The van der Waals surface area contributed by atoms with Crippen LogP contribution >= 0.6 is 12.4 Å². The number of hydrogen-bond acceptors (Lipinski definition) is 3. The minimum Gasteiger partial charge on any atom is -0.370 e. The van der Waals surface area contributed by atoms with Crippen LogP contribution in [0.15, 0.2) is 0 Å². The van der Waals surface area contributed by atoms with Gasteiger partial charge in [-0.25, -0.2) is 0 Å². The lowest BCUT2D eigenvalue weighted by atomic mass is 10.2. The number of carbonyl (C=O) groups excluding carboxylic acids is 1. The Balaban J connectivity index is 0.00000225. The first-order valence-corrected chi connectivity index (χ1v) is 5.63. The number of nitrogens with two attached hydrogens (primary N) is 1. The zero-order chi connectivity index (χ0) is 11.4. The van der Waals surface area contributed by atoms with Crippen molar-refractivity contribution in [3.05, 3.63) is 0 Å². The van der Waals surface area contributed by atoms with Crippen LogP contribution in [0.4, 0.5) is 0 Å². The molecular formula is C11H23ClN2O2. The van der Waals surface area contributed by atoms with Gasteiger partial charge in [-0.05, 0) is 18.8 Å². The second-order valence-corrected chi connectivity index (χ2v) is 4.58. The first-order valence-electron chi connectivity index (χ1n) is 5.63. The second-order valence-electron chi connectivity index (χ2n) is 4.58. The summed E-state index contributed by atoms with van der Waals surface area (Å²) in [5, 5.41) is 0. The van der Waals surface area contributed by atoms with Gasteiger partial charge in [-0.2, -0.15) is 0 Å². The molecule has 0 heterocycles. The van der Waals surface area contributed by atoms with Gasteiger partial charge in [0.05, 0.1) is 0 Å². The minimum atomic E-state index is -0.468.